The minimum absolute atomic E-state index is 0. The molecule has 0 heterocycles. The molecule has 26 heavy (non-hydrogen) atoms. The molecule has 2 nitrogen and oxygen atoms in total. The number of allylic oxidation sites excluding steroid dienone is 4. The van der Waals surface area contributed by atoms with Gasteiger partial charge in [0.1, 0.15) is 0 Å². The van der Waals surface area contributed by atoms with E-state index >= 15 is 0 Å². The molecule has 2 aromatic rings. The van der Waals surface area contributed by atoms with Gasteiger partial charge in [-0.2, -0.15) is 11.1 Å². The monoisotopic (exact) mass is 385 g/mol. The van der Waals surface area contributed by atoms with Crippen LogP contribution in [0.25, 0.3) is 10.8 Å². The molecule has 1 N–H and O–H groups in total. The van der Waals surface area contributed by atoms with Crippen LogP contribution < -0.4 is 0 Å². The van der Waals surface area contributed by atoms with E-state index in [0.29, 0.717) is 5.56 Å². The van der Waals surface area contributed by atoms with Crippen LogP contribution in [0.2, 0.25) is 0 Å². The van der Waals surface area contributed by atoms with Gasteiger partial charge in [-0.25, -0.2) is 10.4 Å². The number of carboxylic acids is 1. The van der Waals surface area contributed by atoms with E-state index in [-0.39, 0.29) is 42.0 Å². The van der Waals surface area contributed by atoms with E-state index in [9.17, 15) is 4.79 Å². The summed E-state index contributed by atoms with van der Waals surface area (Å²) in [4.78, 5) is 10.8. The van der Waals surface area contributed by atoms with Gasteiger partial charge in [-0.15, -0.1) is 6.92 Å². The van der Waals surface area contributed by atoms with Gasteiger partial charge < -0.3 is 20.0 Å². The quantitative estimate of drug-likeness (QED) is 0.447. The number of benzene rings is 2. The zero-order valence-corrected chi connectivity index (χ0v) is 18.5. The first-order chi connectivity index (χ1) is 10.7. The van der Waals surface area contributed by atoms with Gasteiger partial charge in [-0.1, -0.05) is 69.5 Å². The van der Waals surface area contributed by atoms with Crippen molar-refractivity contribution in [2.45, 2.75) is 34.6 Å². The summed E-state index contributed by atoms with van der Waals surface area (Å²) in [7, 11) is 0. The van der Waals surface area contributed by atoms with Crippen molar-refractivity contribution in [2.75, 3.05) is 0 Å². The number of hydrogen-bond donors (Lipinski definition) is 1. The molecule has 0 aliphatic heterocycles. The smallest absolute Gasteiger partial charge is 0.478 e. The third kappa shape index (κ3) is 5.69. The third-order valence-electron chi connectivity index (χ3n) is 4.58. The third-order valence-corrected chi connectivity index (χ3v) is 4.58. The molecule has 0 amide bonds. The Morgan fingerprint density at radius 2 is 1.50 bits per heavy atom. The van der Waals surface area contributed by atoms with E-state index in [4.69, 9.17) is 5.11 Å². The van der Waals surface area contributed by atoms with Crippen LogP contribution in [0.4, 0.5) is 0 Å². The molecule has 0 fully saturated rings. The van der Waals surface area contributed by atoms with Gasteiger partial charge in [-0.3, -0.25) is 6.08 Å². The van der Waals surface area contributed by atoms with Crippen molar-refractivity contribution in [3.8, 4) is 0 Å². The summed E-state index contributed by atoms with van der Waals surface area (Å²) >= 11 is 0. The van der Waals surface area contributed by atoms with Crippen LogP contribution in [0.1, 0.15) is 45.0 Å². The van der Waals surface area contributed by atoms with Gasteiger partial charge in [0.25, 0.3) is 0 Å². The van der Waals surface area contributed by atoms with Crippen molar-refractivity contribution in [3.05, 3.63) is 85.7 Å². The zero-order valence-electron chi connectivity index (χ0n) is 16.9. The van der Waals surface area contributed by atoms with Gasteiger partial charge in [0, 0.05) is 0 Å². The Bertz CT molecular complexity index is 809. The molecule has 2 aromatic carbocycles. The molecule has 0 spiro atoms. The molecular weight excluding hydrogens is 356 g/mol. The van der Waals surface area contributed by atoms with Crippen molar-refractivity contribution in [1.82, 2.24) is 0 Å². The summed E-state index contributed by atoms with van der Waals surface area (Å²) in [5.41, 5.74) is 4.75. The van der Waals surface area contributed by atoms with Crippen LogP contribution in [0.3, 0.4) is 0 Å². The van der Waals surface area contributed by atoms with Crippen LogP contribution in [-0.2, 0) is 21.7 Å². The Morgan fingerprint density at radius 3 is 1.92 bits per heavy atom. The van der Waals surface area contributed by atoms with Gasteiger partial charge >= 0.3 is 27.7 Å². The summed E-state index contributed by atoms with van der Waals surface area (Å²) in [5.74, 6) is -0.878. The predicted molar refractivity (Wildman–Crippen MR) is 108 cm³/mol. The Hall–Kier alpha value is -1.64. The second-order valence-corrected chi connectivity index (χ2v) is 6.46. The molecule has 3 rings (SSSR count). The fourth-order valence-electron chi connectivity index (χ4n) is 2.82. The Balaban J connectivity index is 0. The number of carbonyl (C=O) groups is 1. The first kappa shape index (κ1) is 26.6. The maximum Gasteiger partial charge on any atom is 3.00 e. The van der Waals surface area contributed by atoms with Gasteiger partial charge in [0.05, 0.1) is 5.56 Å². The van der Waals surface area contributed by atoms with E-state index < -0.39 is 5.97 Å². The molecule has 1 aliphatic carbocycles. The first-order valence-corrected chi connectivity index (χ1v) is 7.75. The second kappa shape index (κ2) is 10.5. The summed E-state index contributed by atoms with van der Waals surface area (Å²) in [6.45, 7) is 10.9. The largest absolute Gasteiger partial charge is 3.00 e. The maximum atomic E-state index is 10.8. The van der Waals surface area contributed by atoms with E-state index in [1.54, 1.807) is 12.1 Å². The molecule has 0 aromatic heterocycles. The normalized spacial score (nSPS) is 14.1. The van der Waals surface area contributed by atoms with Crippen LogP contribution in [0.15, 0.2) is 59.2 Å². The minimum Gasteiger partial charge on any atom is -0.478 e. The van der Waals surface area contributed by atoms with E-state index in [1.165, 1.54) is 16.7 Å². The minimum atomic E-state index is -0.878. The molecular formula is C23H29O2Ti. The maximum absolute atomic E-state index is 10.8. The molecule has 0 atom stereocenters. The summed E-state index contributed by atoms with van der Waals surface area (Å²) in [5, 5.41) is 10.6. The van der Waals surface area contributed by atoms with Crippen molar-refractivity contribution in [3.63, 3.8) is 0 Å². The fraction of sp³-hybridized carbons (Fsp3) is 0.261. The molecule has 0 bridgehead atoms. The molecule has 0 saturated heterocycles. The van der Waals surface area contributed by atoms with Crippen LogP contribution in [0, 0.1) is 26.3 Å². The van der Waals surface area contributed by atoms with Crippen molar-refractivity contribution in [1.29, 1.82) is 0 Å². The molecule has 3 heteroatoms. The first-order valence-electron chi connectivity index (χ1n) is 7.75. The second-order valence-electron chi connectivity index (χ2n) is 6.46. The topological polar surface area (TPSA) is 37.3 Å². The van der Waals surface area contributed by atoms with Crippen LogP contribution in [0.5, 0.6) is 0 Å². The van der Waals surface area contributed by atoms with Crippen molar-refractivity contribution < 1.29 is 31.6 Å². The Labute approximate surface area is 173 Å². The number of hydrogen-bond acceptors (Lipinski definition) is 1. The van der Waals surface area contributed by atoms with E-state index in [1.807, 2.05) is 30.3 Å². The van der Waals surface area contributed by atoms with Crippen molar-refractivity contribution in [2.24, 2.45) is 5.41 Å². The molecule has 1 aliphatic rings. The van der Waals surface area contributed by atoms with Crippen molar-refractivity contribution >= 4 is 16.7 Å². The van der Waals surface area contributed by atoms with Crippen LogP contribution >= 0.6 is 0 Å². The summed E-state index contributed by atoms with van der Waals surface area (Å²) in [6.07, 6.45) is 3.44. The zero-order chi connectivity index (χ0) is 17.2. The van der Waals surface area contributed by atoms with Crippen LogP contribution in [-0.4, -0.2) is 11.1 Å². The number of fused-ring (bicyclic) bond motifs is 1. The standard InChI is InChI=1S/C11H8O2.C10H15.2CH3.Ti/c12-11(13)10-7-3-5-8-4-1-2-6-9(8)10;1-7-6-10(4,5)9(3)8(7)2;;;/h1-7H,(H,12,13);1-5H3;2*1H3;/q;3*-1;+3. The van der Waals surface area contributed by atoms with Gasteiger partial charge in [-0.05, 0) is 16.8 Å². The SMILES string of the molecule is CC1=[C-]C(C)(C)C(C)=C1C.O=C(O)c1cccc2ccccc12.[CH3-].[CH3-].[Ti+3]. The average molecular weight is 385 g/mol. The number of rotatable bonds is 1. The van der Waals surface area contributed by atoms with Gasteiger partial charge in [0.2, 0.25) is 0 Å². The summed E-state index contributed by atoms with van der Waals surface area (Å²) < 4.78 is 0. The number of aromatic carboxylic acids is 1. The van der Waals surface area contributed by atoms with Gasteiger partial charge in [0.15, 0.2) is 0 Å². The fourth-order valence-corrected chi connectivity index (χ4v) is 2.82. The van der Waals surface area contributed by atoms with E-state index in [2.05, 4.69) is 40.7 Å². The summed E-state index contributed by atoms with van der Waals surface area (Å²) in [6, 6.07) is 12.7. The molecule has 137 valence electrons. The molecule has 0 saturated carbocycles. The average Bonchev–Trinajstić information content (AvgIpc) is 2.69. The predicted octanol–water partition coefficient (Wildman–Crippen LogP) is 6.55. The number of carboxylic acid groups (broad SMARTS) is 1. The Kier molecular flexibility index (Phi) is 10.7. The molecule has 0 unspecified atom stereocenters. The van der Waals surface area contributed by atoms with E-state index in [0.717, 1.165) is 10.8 Å². The molecule has 1 radical (unpaired) electrons. The Morgan fingerprint density at radius 1 is 0.962 bits per heavy atom.